The minimum atomic E-state index is -0.670. The summed E-state index contributed by atoms with van der Waals surface area (Å²) in [5.74, 6) is 1.21. The molecule has 3 heterocycles. The van der Waals surface area contributed by atoms with Gasteiger partial charge in [-0.3, -0.25) is 9.69 Å². The predicted molar refractivity (Wildman–Crippen MR) is 203 cm³/mol. The highest BCUT2D eigenvalue weighted by Gasteiger charge is 2.54. The van der Waals surface area contributed by atoms with Gasteiger partial charge in [0.25, 0.3) is 0 Å². The van der Waals surface area contributed by atoms with Gasteiger partial charge in [-0.1, -0.05) is 12.1 Å². The van der Waals surface area contributed by atoms with Crippen molar-refractivity contribution in [3.05, 3.63) is 71.4 Å². The number of nitrogens with two attached hydrogens (primary N) is 1. The van der Waals surface area contributed by atoms with Crippen molar-refractivity contribution in [2.24, 2.45) is 17.8 Å². The average molecular weight is 746 g/mol. The highest BCUT2D eigenvalue weighted by Crippen LogP contribution is 2.51. The lowest BCUT2D eigenvalue weighted by atomic mass is 9.63. The summed E-state index contributed by atoms with van der Waals surface area (Å²) in [6.07, 6.45) is 0.920. The quantitative estimate of drug-likeness (QED) is 0.148. The van der Waals surface area contributed by atoms with Crippen molar-refractivity contribution in [2.45, 2.75) is 44.4 Å². The normalized spacial score (nSPS) is 23.0. The van der Waals surface area contributed by atoms with Crippen LogP contribution in [0.25, 0.3) is 10.9 Å². The zero-order valence-corrected chi connectivity index (χ0v) is 32.0. The third kappa shape index (κ3) is 7.47. The Morgan fingerprint density at radius 1 is 0.889 bits per heavy atom. The third-order valence-electron chi connectivity index (χ3n) is 11.0. The second kappa shape index (κ2) is 16.9. The molecule has 0 bridgehead atoms. The number of carbonyl (C=O) groups is 2. The number of nitrogen functional groups attached to an aromatic ring is 1. The fourth-order valence-corrected chi connectivity index (χ4v) is 8.53. The van der Waals surface area contributed by atoms with E-state index in [2.05, 4.69) is 16.0 Å². The second-order valence-electron chi connectivity index (χ2n) is 13.7. The number of esters is 2. The number of hydrogen-bond donors (Lipinski definition) is 2. The Bertz CT molecular complexity index is 1920. The summed E-state index contributed by atoms with van der Waals surface area (Å²) in [5.41, 5.74) is 10.1. The topological polar surface area (TPSA) is 153 Å². The zero-order valence-electron chi connectivity index (χ0n) is 32.0. The van der Waals surface area contributed by atoms with Crippen molar-refractivity contribution in [3.8, 4) is 28.7 Å². The molecule has 2 aliphatic heterocycles. The Labute approximate surface area is 315 Å². The first-order valence-corrected chi connectivity index (χ1v) is 18.2. The number of aromatic amines is 1. The lowest BCUT2D eigenvalue weighted by Crippen LogP contribution is -2.58. The Balaban J connectivity index is 0.000000432. The van der Waals surface area contributed by atoms with Gasteiger partial charge in [-0.05, 0) is 80.0 Å². The number of methoxy groups -OCH3 is 6. The Morgan fingerprint density at radius 3 is 2.26 bits per heavy atom. The molecule has 2 fully saturated rings. The maximum absolute atomic E-state index is 13.5. The molecule has 3 aromatic carbocycles. The molecule has 1 saturated heterocycles. The molecule has 6 atom stereocenters. The van der Waals surface area contributed by atoms with Crippen LogP contribution in [0.1, 0.15) is 47.4 Å². The number of piperidine rings is 1. The number of rotatable bonds is 10. The second-order valence-corrected chi connectivity index (χ2v) is 13.7. The Kier molecular flexibility index (Phi) is 12.1. The van der Waals surface area contributed by atoms with Crippen LogP contribution in [0.5, 0.6) is 28.7 Å². The van der Waals surface area contributed by atoms with Crippen LogP contribution in [-0.4, -0.2) is 96.4 Å². The molecule has 13 heteroatoms. The minimum Gasteiger partial charge on any atom is -0.497 e. The summed E-state index contributed by atoms with van der Waals surface area (Å²) in [7, 11) is 9.10. The molecule has 4 aromatic rings. The molecule has 13 nitrogen and oxygen atoms in total. The van der Waals surface area contributed by atoms with Crippen LogP contribution in [0.15, 0.2) is 54.6 Å². The van der Waals surface area contributed by atoms with Crippen molar-refractivity contribution >= 4 is 28.5 Å². The molecule has 7 rings (SSSR count). The number of ether oxygens (including phenoxy) is 8. The summed E-state index contributed by atoms with van der Waals surface area (Å²) in [5, 5.41) is 1.21. The largest absolute Gasteiger partial charge is 0.497 e. The molecule has 1 aliphatic carbocycles. The molecule has 0 unspecified atom stereocenters. The molecule has 3 N–H and O–H groups in total. The average Bonchev–Trinajstić information content (AvgIpc) is 3.58. The molecule has 1 aromatic heterocycles. The van der Waals surface area contributed by atoms with E-state index < -0.39 is 24.1 Å². The van der Waals surface area contributed by atoms with Crippen molar-refractivity contribution < 1.29 is 47.5 Å². The van der Waals surface area contributed by atoms with Crippen molar-refractivity contribution in [1.82, 2.24) is 9.88 Å². The van der Waals surface area contributed by atoms with E-state index >= 15 is 0 Å². The van der Waals surface area contributed by atoms with Gasteiger partial charge in [0.05, 0.1) is 65.4 Å². The molecule has 1 saturated carbocycles. The monoisotopic (exact) mass is 745 g/mol. The maximum atomic E-state index is 13.5. The molecule has 0 spiro atoms. The van der Waals surface area contributed by atoms with E-state index in [0.29, 0.717) is 36.0 Å². The van der Waals surface area contributed by atoms with Gasteiger partial charge < -0.3 is 48.6 Å². The first-order valence-electron chi connectivity index (χ1n) is 18.2. The lowest BCUT2D eigenvalue weighted by Gasteiger charge is -2.52. The number of aromatic nitrogens is 1. The summed E-state index contributed by atoms with van der Waals surface area (Å²) < 4.78 is 44.3. The van der Waals surface area contributed by atoms with Gasteiger partial charge in [0.15, 0.2) is 11.5 Å². The summed E-state index contributed by atoms with van der Waals surface area (Å²) in [6.45, 7) is 4.28. The van der Waals surface area contributed by atoms with Crippen LogP contribution >= 0.6 is 0 Å². The summed E-state index contributed by atoms with van der Waals surface area (Å²) in [4.78, 5) is 33.1. The van der Waals surface area contributed by atoms with E-state index in [1.807, 2.05) is 43.3 Å². The Morgan fingerprint density at radius 2 is 1.63 bits per heavy atom. The number of nitrogens with zero attached hydrogens (tertiary/aromatic N) is 1. The number of fused-ring (bicyclic) bond motifs is 6. The van der Waals surface area contributed by atoms with Gasteiger partial charge in [-0.2, -0.15) is 0 Å². The van der Waals surface area contributed by atoms with Crippen molar-refractivity contribution in [1.29, 1.82) is 0 Å². The van der Waals surface area contributed by atoms with E-state index in [-0.39, 0.29) is 29.4 Å². The standard InChI is InChI=1S/C33H40N2O9.C8H11NO/c1-38-19-7-8-20-21-9-10-35-16-18-13-27(44-32(36)17-11-25(39-2)30(41-4)26(12-17)40-3)31(42-5)28(33(37)43-6)22(18)15-24(35)29(21)34-23(20)14-19;1-2-10-8-6-4-3-5-7(8)9/h7-8,11-12,14,18,22,24,27-28,31,34H,9-10,13,15-16H2,1-6H3;3-6H,2,9H2,1H3/t18-,22+,24-,27-,28+,31+;/m1./s1. The van der Waals surface area contributed by atoms with Gasteiger partial charge in [0.1, 0.15) is 23.7 Å². The van der Waals surface area contributed by atoms with Crippen LogP contribution in [-0.2, 0) is 25.4 Å². The van der Waals surface area contributed by atoms with Crippen LogP contribution < -0.4 is 29.4 Å². The fraction of sp³-hybridized carbons (Fsp3) is 0.463. The fourth-order valence-electron chi connectivity index (χ4n) is 8.53. The van der Waals surface area contributed by atoms with E-state index in [4.69, 9.17) is 43.6 Å². The van der Waals surface area contributed by atoms with E-state index in [0.717, 1.165) is 42.9 Å². The van der Waals surface area contributed by atoms with Crippen LogP contribution in [0.3, 0.4) is 0 Å². The van der Waals surface area contributed by atoms with E-state index in [1.165, 1.54) is 45.1 Å². The molecular weight excluding hydrogens is 694 g/mol. The molecule has 0 radical (unpaired) electrons. The highest BCUT2D eigenvalue weighted by molar-refractivity contribution is 5.91. The van der Waals surface area contributed by atoms with Crippen LogP contribution in [0.2, 0.25) is 0 Å². The SMILES string of the molecule is CCOc1ccccc1N.COC(=O)[C@H]1[C@H]2C[C@@H]3c4[nH]c5cc(OC)ccc5c4CCN3C[C@H]2C[C@@H](OC(=O)c2cc(OC)c(OC)c(OC)c2)[C@@H]1OC. The van der Waals surface area contributed by atoms with Crippen LogP contribution in [0, 0.1) is 17.8 Å². The van der Waals surface area contributed by atoms with Gasteiger partial charge in [0.2, 0.25) is 5.75 Å². The van der Waals surface area contributed by atoms with Gasteiger partial charge in [-0.15, -0.1) is 0 Å². The van der Waals surface area contributed by atoms with Gasteiger partial charge >= 0.3 is 11.9 Å². The number of carbonyl (C=O) groups excluding carboxylic acids is 2. The predicted octanol–water partition coefficient (Wildman–Crippen LogP) is 5.84. The molecule has 290 valence electrons. The number of hydrogen-bond acceptors (Lipinski definition) is 12. The molecule has 54 heavy (non-hydrogen) atoms. The number of H-pyrrole nitrogens is 1. The first-order chi connectivity index (χ1) is 26.2. The third-order valence-corrected chi connectivity index (χ3v) is 11.0. The summed E-state index contributed by atoms with van der Waals surface area (Å²) >= 11 is 0. The highest BCUT2D eigenvalue weighted by atomic mass is 16.6. The Hall–Kier alpha value is -5.14. The number of anilines is 1. The van der Waals surface area contributed by atoms with E-state index in [1.54, 1.807) is 26.4 Å². The smallest absolute Gasteiger partial charge is 0.338 e. The van der Waals surface area contributed by atoms with Crippen LogP contribution in [0.4, 0.5) is 5.69 Å². The molecular formula is C41H51N3O10. The number of benzene rings is 3. The van der Waals surface area contributed by atoms with E-state index in [9.17, 15) is 9.59 Å². The lowest BCUT2D eigenvalue weighted by molar-refractivity contribution is -0.176. The van der Waals surface area contributed by atoms with Crippen molar-refractivity contribution in [3.63, 3.8) is 0 Å². The number of nitrogens with one attached hydrogen (secondary N) is 1. The molecule has 3 aliphatic rings. The molecule has 0 amide bonds. The van der Waals surface area contributed by atoms with Gasteiger partial charge in [0, 0.05) is 42.9 Å². The van der Waals surface area contributed by atoms with Gasteiger partial charge in [-0.25, -0.2) is 4.79 Å². The summed E-state index contributed by atoms with van der Waals surface area (Å²) in [6, 6.07) is 16.9. The minimum absolute atomic E-state index is 0.0170. The maximum Gasteiger partial charge on any atom is 0.338 e. The first kappa shape index (κ1) is 38.6. The zero-order chi connectivity index (χ0) is 38.5. The van der Waals surface area contributed by atoms with Crippen molar-refractivity contribution in [2.75, 3.05) is 68.1 Å². The number of para-hydroxylation sites is 2.